The van der Waals surface area contributed by atoms with Gasteiger partial charge in [0.25, 0.3) is 0 Å². The SMILES string of the molecule is C#CCS(=O)(=O)c1cc(C)c(F)c(C(=O)O)c1. The van der Waals surface area contributed by atoms with Gasteiger partial charge in [-0.2, -0.15) is 0 Å². The lowest BCUT2D eigenvalue weighted by Gasteiger charge is -2.06. The van der Waals surface area contributed by atoms with E-state index in [1.54, 1.807) is 0 Å². The molecule has 17 heavy (non-hydrogen) atoms. The predicted molar refractivity (Wildman–Crippen MR) is 59.0 cm³/mol. The Morgan fingerprint density at radius 3 is 2.59 bits per heavy atom. The van der Waals surface area contributed by atoms with Gasteiger partial charge in [-0.3, -0.25) is 0 Å². The van der Waals surface area contributed by atoms with Crippen molar-refractivity contribution in [2.45, 2.75) is 11.8 Å². The van der Waals surface area contributed by atoms with Gasteiger partial charge in [0, 0.05) is 0 Å². The zero-order valence-electron chi connectivity index (χ0n) is 8.90. The quantitative estimate of drug-likeness (QED) is 0.652. The molecular weight excluding hydrogens is 247 g/mol. The molecule has 1 aromatic rings. The molecule has 1 N–H and O–H groups in total. The van der Waals surface area contributed by atoms with Crippen molar-refractivity contribution < 1.29 is 22.7 Å². The van der Waals surface area contributed by atoms with Crippen LogP contribution in [0.5, 0.6) is 0 Å². The maximum atomic E-state index is 13.4. The number of carbonyl (C=O) groups is 1. The summed E-state index contributed by atoms with van der Waals surface area (Å²) >= 11 is 0. The van der Waals surface area contributed by atoms with Crippen LogP contribution in [-0.4, -0.2) is 25.2 Å². The molecule has 0 aliphatic rings. The molecule has 0 aliphatic heterocycles. The van der Waals surface area contributed by atoms with E-state index >= 15 is 0 Å². The van der Waals surface area contributed by atoms with Gasteiger partial charge in [0.05, 0.1) is 10.5 Å². The molecule has 4 nitrogen and oxygen atoms in total. The van der Waals surface area contributed by atoms with Crippen LogP contribution in [0.3, 0.4) is 0 Å². The number of sulfone groups is 1. The van der Waals surface area contributed by atoms with E-state index in [2.05, 4.69) is 0 Å². The van der Waals surface area contributed by atoms with Crippen molar-refractivity contribution in [3.63, 3.8) is 0 Å². The van der Waals surface area contributed by atoms with Crippen LogP contribution in [0.25, 0.3) is 0 Å². The third-order valence-corrected chi connectivity index (χ3v) is 3.59. The zero-order valence-corrected chi connectivity index (χ0v) is 9.71. The number of benzene rings is 1. The zero-order chi connectivity index (χ0) is 13.2. The van der Waals surface area contributed by atoms with Gasteiger partial charge in [0.2, 0.25) is 0 Å². The maximum Gasteiger partial charge on any atom is 0.338 e. The highest BCUT2D eigenvalue weighted by Crippen LogP contribution is 2.20. The number of carboxylic acids is 1. The lowest BCUT2D eigenvalue weighted by molar-refractivity contribution is 0.0691. The molecule has 0 atom stereocenters. The monoisotopic (exact) mass is 256 g/mol. The highest BCUT2D eigenvalue weighted by atomic mass is 32.2. The first-order chi connectivity index (χ1) is 7.79. The van der Waals surface area contributed by atoms with E-state index in [1.807, 2.05) is 5.92 Å². The van der Waals surface area contributed by atoms with Crippen LogP contribution >= 0.6 is 0 Å². The summed E-state index contributed by atoms with van der Waals surface area (Å²) in [5.41, 5.74) is -0.735. The standard InChI is InChI=1S/C11H9FO4S/c1-3-4-17(15,16)8-5-7(2)10(12)9(6-8)11(13)14/h1,5-6H,4H2,2H3,(H,13,14). The van der Waals surface area contributed by atoms with Crippen molar-refractivity contribution in [3.05, 3.63) is 29.1 Å². The molecule has 90 valence electrons. The second-order valence-corrected chi connectivity index (χ2v) is 5.36. The van der Waals surface area contributed by atoms with Crippen LogP contribution in [0, 0.1) is 25.1 Å². The first-order valence-electron chi connectivity index (χ1n) is 4.49. The number of aromatic carboxylic acids is 1. The molecule has 0 saturated heterocycles. The van der Waals surface area contributed by atoms with Crippen molar-refractivity contribution in [2.24, 2.45) is 0 Å². The molecule has 0 fully saturated rings. The molecule has 0 bridgehead atoms. The highest BCUT2D eigenvalue weighted by Gasteiger charge is 2.20. The molecule has 0 unspecified atom stereocenters. The summed E-state index contributed by atoms with van der Waals surface area (Å²) in [6.45, 7) is 1.29. The van der Waals surface area contributed by atoms with Gasteiger partial charge in [-0.25, -0.2) is 17.6 Å². The number of hydrogen-bond donors (Lipinski definition) is 1. The van der Waals surface area contributed by atoms with Gasteiger partial charge >= 0.3 is 5.97 Å². The Morgan fingerprint density at radius 1 is 1.53 bits per heavy atom. The van der Waals surface area contributed by atoms with Crippen molar-refractivity contribution in [3.8, 4) is 12.3 Å². The van der Waals surface area contributed by atoms with Crippen molar-refractivity contribution in [2.75, 3.05) is 5.75 Å². The summed E-state index contributed by atoms with van der Waals surface area (Å²) < 4.78 is 36.6. The second kappa shape index (κ2) is 4.55. The normalized spacial score (nSPS) is 10.9. The van der Waals surface area contributed by atoms with Crippen LogP contribution in [-0.2, 0) is 9.84 Å². The van der Waals surface area contributed by atoms with E-state index in [0.717, 1.165) is 12.1 Å². The van der Waals surface area contributed by atoms with E-state index < -0.39 is 32.9 Å². The topological polar surface area (TPSA) is 71.4 Å². The summed E-state index contributed by atoms with van der Waals surface area (Å²) in [6, 6.07) is 1.84. The van der Waals surface area contributed by atoms with E-state index in [1.165, 1.54) is 6.92 Å². The maximum absolute atomic E-state index is 13.4. The minimum atomic E-state index is -3.77. The molecule has 0 saturated carbocycles. The van der Waals surface area contributed by atoms with Gasteiger partial charge in [-0.05, 0) is 24.6 Å². The first kappa shape index (κ1) is 13.2. The second-order valence-electron chi connectivity index (χ2n) is 3.37. The molecule has 0 amide bonds. The molecule has 0 spiro atoms. The number of hydrogen-bond acceptors (Lipinski definition) is 3. The number of aryl methyl sites for hydroxylation is 1. The molecule has 1 aromatic carbocycles. The fraction of sp³-hybridized carbons (Fsp3) is 0.182. The fourth-order valence-corrected chi connectivity index (χ4v) is 2.30. The number of halogens is 1. The Bertz CT molecular complexity index is 611. The number of terminal acetylenes is 1. The minimum absolute atomic E-state index is 0.0551. The van der Waals surface area contributed by atoms with Crippen LogP contribution in [0.15, 0.2) is 17.0 Å². The van der Waals surface area contributed by atoms with Crippen molar-refractivity contribution >= 4 is 15.8 Å². The Hall–Kier alpha value is -1.87. The first-order valence-corrected chi connectivity index (χ1v) is 6.14. The third-order valence-electron chi connectivity index (χ3n) is 2.09. The average molecular weight is 256 g/mol. The third kappa shape index (κ3) is 2.63. The summed E-state index contributed by atoms with van der Waals surface area (Å²) in [7, 11) is -3.77. The highest BCUT2D eigenvalue weighted by molar-refractivity contribution is 7.91. The summed E-state index contributed by atoms with van der Waals surface area (Å²) in [5.74, 6) is -1.07. The van der Waals surface area contributed by atoms with E-state index in [4.69, 9.17) is 11.5 Å². The Morgan fingerprint density at radius 2 is 2.12 bits per heavy atom. The van der Waals surface area contributed by atoms with Gasteiger partial charge in [-0.1, -0.05) is 5.92 Å². The Kier molecular flexibility index (Phi) is 3.53. The number of rotatable bonds is 3. The van der Waals surface area contributed by atoms with Crippen LogP contribution < -0.4 is 0 Å². The molecule has 0 heterocycles. The smallest absolute Gasteiger partial charge is 0.338 e. The predicted octanol–water partition coefficient (Wildman–Crippen LogP) is 1.24. The fourth-order valence-electron chi connectivity index (χ4n) is 1.26. The van der Waals surface area contributed by atoms with Crippen LogP contribution in [0.1, 0.15) is 15.9 Å². The van der Waals surface area contributed by atoms with Crippen LogP contribution in [0.2, 0.25) is 0 Å². The summed E-state index contributed by atoms with van der Waals surface area (Å²) in [6.07, 6.45) is 4.90. The van der Waals surface area contributed by atoms with Gasteiger partial charge in [-0.15, -0.1) is 6.42 Å². The molecule has 0 aromatic heterocycles. The molecule has 0 aliphatic carbocycles. The Balaban J connectivity index is 3.50. The largest absolute Gasteiger partial charge is 0.478 e. The van der Waals surface area contributed by atoms with E-state index in [9.17, 15) is 17.6 Å². The lowest BCUT2D eigenvalue weighted by atomic mass is 10.1. The number of carboxylic acid groups (broad SMARTS) is 1. The molecule has 6 heteroatoms. The van der Waals surface area contributed by atoms with Crippen LogP contribution in [0.4, 0.5) is 4.39 Å². The van der Waals surface area contributed by atoms with E-state index in [-0.39, 0.29) is 10.5 Å². The molecular formula is C11H9FO4S. The summed E-state index contributed by atoms with van der Waals surface area (Å²) in [5, 5.41) is 8.74. The minimum Gasteiger partial charge on any atom is -0.478 e. The van der Waals surface area contributed by atoms with Gasteiger partial charge in [0.15, 0.2) is 9.84 Å². The van der Waals surface area contributed by atoms with Gasteiger partial charge < -0.3 is 5.11 Å². The van der Waals surface area contributed by atoms with Crippen molar-refractivity contribution in [1.82, 2.24) is 0 Å². The molecule has 0 radical (unpaired) electrons. The van der Waals surface area contributed by atoms with E-state index in [0.29, 0.717) is 0 Å². The molecule has 1 rings (SSSR count). The Labute approximate surface area is 98.0 Å². The average Bonchev–Trinajstić information content (AvgIpc) is 2.21. The summed E-state index contributed by atoms with van der Waals surface area (Å²) in [4.78, 5) is 10.5. The van der Waals surface area contributed by atoms with Gasteiger partial charge in [0.1, 0.15) is 11.6 Å². The van der Waals surface area contributed by atoms with Crippen molar-refractivity contribution in [1.29, 1.82) is 0 Å². The lowest BCUT2D eigenvalue weighted by Crippen LogP contribution is -2.10.